The number of amides is 1. The maximum atomic E-state index is 15.0. The Morgan fingerprint density at radius 1 is 1.18 bits per heavy atom. The SMILES string of the molecule is O=C(NCCCN1CC2CC(C1)C2F)c1ccc2c(c1)sc1nc(-c3ccc([C@@H]4CCCN4)cc3F)cn12. The first-order chi connectivity index (χ1) is 18.5. The average molecular weight is 536 g/mol. The molecule has 4 aromatic rings. The second-order valence-electron chi connectivity index (χ2n) is 11.0. The van der Waals surface area contributed by atoms with Crippen LogP contribution in [-0.2, 0) is 0 Å². The molecule has 2 N–H and O–H groups in total. The first-order valence-electron chi connectivity index (χ1n) is 13.6. The molecular weight excluding hydrogens is 504 g/mol. The quantitative estimate of drug-likeness (QED) is 0.320. The number of benzene rings is 2. The first-order valence-corrected chi connectivity index (χ1v) is 14.4. The van der Waals surface area contributed by atoms with Gasteiger partial charge in [0.1, 0.15) is 12.0 Å². The monoisotopic (exact) mass is 535 g/mol. The summed E-state index contributed by atoms with van der Waals surface area (Å²) < 4.78 is 31.6. The number of nitrogens with zero attached hydrogens (tertiary/aromatic N) is 3. The number of thiazole rings is 1. The molecule has 2 bridgehead atoms. The van der Waals surface area contributed by atoms with Crippen LogP contribution in [-0.4, -0.2) is 59.1 Å². The predicted octanol–water partition coefficient (Wildman–Crippen LogP) is 5.19. The fourth-order valence-corrected chi connectivity index (χ4v) is 7.46. The van der Waals surface area contributed by atoms with Crippen LogP contribution in [0.5, 0.6) is 0 Å². The van der Waals surface area contributed by atoms with E-state index in [9.17, 15) is 9.18 Å². The van der Waals surface area contributed by atoms with Crippen LogP contribution < -0.4 is 10.6 Å². The molecule has 2 aromatic heterocycles. The summed E-state index contributed by atoms with van der Waals surface area (Å²) in [4.78, 5) is 20.6. The summed E-state index contributed by atoms with van der Waals surface area (Å²) in [5.74, 6) is 0.0882. The highest BCUT2D eigenvalue weighted by Gasteiger charge is 2.46. The fraction of sp³-hybridized carbons (Fsp3) is 0.448. The zero-order valence-corrected chi connectivity index (χ0v) is 21.9. The number of hydrogen-bond donors (Lipinski definition) is 2. The van der Waals surface area contributed by atoms with Crippen molar-refractivity contribution in [2.45, 2.75) is 37.9 Å². The number of carbonyl (C=O) groups excluding carboxylic acids is 1. The van der Waals surface area contributed by atoms with Gasteiger partial charge < -0.3 is 15.5 Å². The lowest BCUT2D eigenvalue weighted by molar-refractivity contribution is -0.0613. The van der Waals surface area contributed by atoms with E-state index >= 15 is 4.39 Å². The maximum absolute atomic E-state index is 15.0. The zero-order chi connectivity index (χ0) is 25.8. The van der Waals surface area contributed by atoms with Crippen molar-refractivity contribution in [3.63, 3.8) is 0 Å². The molecule has 1 amide bonds. The zero-order valence-electron chi connectivity index (χ0n) is 21.1. The number of rotatable bonds is 7. The molecule has 3 saturated heterocycles. The van der Waals surface area contributed by atoms with Gasteiger partial charge in [-0.05, 0) is 74.7 Å². The van der Waals surface area contributed by atoms with E-state index in [1.54, 1.807) is 6.07 Å². The molecular formula is C29H31F2N5OS. The van der Waals surface area contributed by atoms with Gasteiger partial charge in [0, 0.05) is 54.8 Å². The molecule has 2 unspecified atom stereocenters. The van der Waals surface area contributed by atoms with Gasteiger partial charge in [0.25, 0.3) is 5.91 Å². The van der Waals surface area contributed by atoms with Crippen LogP contribution in [0.1, 0.15) is 47.6 Å². The minimum absolute atomic E-state index is 0.0946. The number of carbonyl (C=O) groups is 1. The van der Waals surface area contributed by atoms with Crippen LogP contribution in [0, 0.1) is 17.7 Å². The lowest BCUT2D eigenvalue weighted by atomic mass is 9.69. The van der Waals surface area contributed by atoms with Crippen molar-refractivity contribution >= 4 is 32.4 Å². The Hall–Kier alpha value is -2.88. The Balaban J connectivity index is 1.01. The van der Waals surface area contributed by atoms with E-state index in [0.717, 1.165) is 72.6 Å². The van der Waals surface area contributed by atoms with Crippen molar-refractivity contribution < 1.29 is 13.6 Å². The van der Waals surface area contributed by atoms with E-state index < -0.39 is 6.17 Å². The summed E-state index contributed by atoms with van der Waals surface area (Å²) in [5, 5.41) is 6.43. The number of fused-ring (bicyclic) bond motifs is 5. The predicted molar refractivity (Wildman–Crippen MR) is 146 cm³/mol. The van der Waals surface area contributed by atoms with Crippen molar-refractivity contribution in [3.05, 3.63) is 59.5 Å². The fourth-order valence-electron chi connectivity index (χ4n) is 6.41. The van der Waals surface area contributed by atoms with Crippen LogP contribution in [0.2, 0.25) is 0 Å². The van der Waals surface area contributed by atoms with Gasteiger partial charge in [-0.3, -0.25) is 9.20 Å². The largest absolute Gasteiger partial charge is 0.352 e. The van der Waals surface area contributed by atoms with Crippen molar-refractivity contribution in [1.29, 1.82) is 0 Å². The summed E-state index contributed by atoms with van der Waals surface area (Å²) in [6.07, 6.45) is 5.31. The van der Waals surface area contributed by atoms with Gasteiger partial charge >= 0.3 is 0 Å². The number of halogens is 2. The van der Waals surface area contributed by atoms with Gasteiger partial charge in [0.05, 0.1) is 15.9 Å². The number of nitrogens with one attached hydrogen (secondary N) is 2. The van der Waals surface area contributed by atoms with E-state index in [1.807, 2.05) is 40.9 Å². The van der Waals surface area contributed by atoms with Crippen LogP contribution in [0.15, 0.2) is 42.6 Å². The van der Waals surface area contributed by atoms with Crippen LogP contribution >= 0.6 is 11.3 Å². The lowest BCUT2D eigenvalue weighted by Crippen LogP contribution is -2.56. The molecule has 38 heavy (non-hydrogen) atoms. The normalized spacial score (nSPS) is 25.2. The minimum atomic E-state index is -0.598. The van der Waals surface area contributed by atoms with E-state index in [4.69, 9.17) is 4.98 Å². The molecule has 5 heterocycles. The van der Waals surface area contributed by atoms with Crippen LogP contribution in [0.25, 0.3) is 26.4 Å². The molecule has 198 valence electrons. The van der Waals surface area contributed by atoms with Crippen LogP contribution in [0.4, 0.5) is 8.78 Å². The van der Waals surface area contributed by atoms with Gasteiger partial charge in [0.15, 0.2) is 4.96 Å². The smallest absolute Gasteiger partial charge is 0.251 e. The average Bonchev–Trinajstić information content (AvgIpc) is 3.67. The molecule has 4 aliphatic rings. The highest BCUT2D eigenvalue weighted by molar-refractivity contribution is 7.23. The number of piperidine rings is 2. The van der Waals surface area contributed by atoms with E-state index in [-0.39, 0.29) is 29.6 Å². The lowest BCUT2D eigenvalue weighted by Gasteiger charge is -2.49. The Morgan fingerprint density at radius 2 is 2.05 bits per heavy atom. The third kappa shape index (κ3) is 4.30. The highest BCUT2D eigenvalue weighted by atomic mass is 32.1. The highest BCUT2D eigenvalue weighted by Crippen LogP contribution is 2.42. The molecule has 3 aliphatic heterocycles. The summed E-state index contributed by atoms with van der Waals surface area (Å²) in [7, 11) is 0. The molecule has 8 rings (SSSR count). The Labute approximate surface area is 224 Å². The number of aromatic nitrogens is 2. The summed E-state index contributed by atoms with van der Waals surface area (Å²) >= 11 is 1.49. The summed E-state index contributed by atoms with van der Waals surface area (Å²) in [5.41, 5.74) is 3.65. The Bertz CT molecular complexity index is 1500. The topological polar surface area (TPSA) is 61.7 Å². The standard InChI is InChI=1S/C29H31F2N5OS/c30-22-12-17(23-3-1-8-32-23)4-6-21(22)24-16-36-25-7-5-18(13-26(25)38-29(36)34-24)28(37)33-9-2-10-35-14-19-11-20(15-35)27(19)31/h4-7,12-13,16,19-20,23,27,32H,1-3,8-11,14-15H2,(H,33,37)/t19?,20?,23-,27?/m0/s1. The maximum Gasteiger partial charge on any atom is 0.251 e. The molecule has 6 nitrogen and oxygen atoms in total. The van der Waals surface area contributed by atoms with Gasteiger partial charge in [-0.25, -0.2) is 13.8 Å². The molecule has 0 spiro atoms. The first kappa shape index (κ1) is 24.2. The van der Waals surface area contributed by atoms with Gasteiger partial charge in [-0.2, -0.15) is 0 Å². The Morgan fingerprint density at radius 3 is 2.82 bits per heavy atom. The van der Waals surface area contributed by atoms with E-state index in [2.05, 4.69) is 15.5 Å². The summed E-state index contributed by atoms with van der Waals surface area (Å²) in [6, 6.07) is 11.3. The number of alkyl halides is 1. The number of hydrogen-bond acceptors (Lipinski definition) is 5. The third-order valence-corrected chi connectivity index (χ3v) is 9.53. The van der Waals surface area contributed by atoms with Crippen LogP contribution in [0.3, 0.4) is 0 Å². The van der Waals surface area contributed by atoms with Gasteiger partial charge in [-0.15, -0.1) is 0 Å². The molecule has 9 heteroatoms. The van der Waals surface area contributed by atoms with E-state index in [0.29, 0.717) is 23.4 Å². The molecule has 1 aliphatic carbocycles. The van der Waals surface area contributed by atoms with Gasteiger partial charge in [0.2, 0.25) is 0 Å². The molecule has 1 saturated carbocycles. The van der Waals surface area contributed by atoms with Crippen molar-refractivity contribution in [2.24, 2.45) is 11.8 Å². The van der Waals surface area contributed by atoms with Crippen molar-refractivity contribution in [2.75, 3.05) is 32.7 Å². The molecule has 2 aromatic carbocycles. The summed E-state index contributed by atoms with van der Waals surface area (Å²) in [6.45, 7) is 4.16. The molecule has 3 atom stereocenters. The van der Waals surface area contributed by atoms with Crippen molar-refractivity contribution in [3.8, 4) is 11.3 Å². The second-order valence-corrected chi connectivity index (χ2v) is 12.0. The third-order valence-electron chi connectivity index (χ3n) is 8.52. The van der Waals surface area contributed by atoms with Gasteiger partial charge in [-0.1, -0.05) is 17.4 Å². The van der Waals surface area contributed by atoms with Crippen molar-refractivity contribution in [1.82, 2.24) is 24.9 Å². The second kappa shape index (κ2) is 9.70. The Kier molecular flexibility index (Phi) is 6.17. The minimum Gasteiger partial charge on any atom is -0.352 e. The molecule has 0 radical (unpaired) electrons. The van der Waals surface area contributed by atoms with E-state index in [1.165, 1.54) is 11.3 Å². The molecule has 4 fully saturated rings. The number of imidazole rings is 1.